The lowest BCUT2D eigenvalue weighted by Crippen LogP contribution is -2.17. The number of anilines is 5. The molecule has 2 aliphatic rings. The van der Waals surface area contributed by atoms with Crippen LogP contribution >= 0.6 is 0 Å². The highest BCUT2D eigenvalue weighted by molar-refractivity contribution is 5.98. The average molecular weight is 400 g/mol. The van der Waals surface area contributed by atoms with Crippen LogP contribution in [0.4, 0.5) is 28.4 Å². The summed E-state index contributed by atoms with van der Waals surface area (Å²) in [5.74, 6) is 0. The molecule has 0 saturated carbocycles. The fraction of sp³-hybridized carbons (Fsp3) is 0. The van der Waals surface area contributed by atoms with Gasteiger partial charge in [0.2, 0.25) is 0 Å². The fourth-order valence-electron chi connectivity index (χ4n) is 4.12. The Kier molecular flexibility index (Phi) is 4.06. The molecule has 0 spiro atoms. The molecule has 0 unspecified atom stereocenters. The molecule has 3 aromatic carbocycles. The second-order valence-electron chi connectivity index (χ2n) is 7.54. The minimum absolute atomic E-state index is 0.925. The van der Waals surface area contributed by atoms with Gasteiger partial charge in [0.1, 0.15) is 0 Å². The molecule has 0 atom stereocenters. The molecule has 4 nitrogen and oxygen atoms in total. The zero-order valence-electron chi connectivity index (χ0n) is 16.8. The van der Waals surface area contributed by atoms with E-state index in [0.29, 0.717) is 0 Å². The number of para-hydroxylation sites is 4. The molecular weight excluding hydrogens is 380 g/mol. The van der Waals surface area contributed by atoms with Crippen molar-refractivity contribution >= 4 is 45.0 Å². The van der Waals surface area contributed by atoms with E-state index in [4.69, 9.17) is 4.98 Å². The van der Waals surface area contributed by atoms with Crippen LogP contribution in [0.1, 0.15) is 5.69 Å². The van der Waals surface area contributed by atoms with Gasteiger partial charge in [-0.1, -0.05) is 42.5 Å². The van der Waals surface area contributed by atoms with Gasteiger partial charge in [0.05, 0.1) is 39.7 Å². The summed E-state index contributed by atoms with van der Waals surface area (Å²) in [4.78, 5) is 7.19. The standard InChI is InChI=1S/C27H20N4/c1-2-8-22(28-17-7-1)23-15-13-19-18-20(14-16-21(19)29-23)31-26-11-5-3-9-24(26)30-25-10-4-6-12-27(25)31/h1-18,28,30H. The first-order valence-electron chi connectivity index (χ1n) is 10.3. The van der Waals surface area contributed by atoms with Crippen molar-refractivity contribution in [1.82, 2.24) is 10.3 Å². The van der Waals surface area contributed by atoms with Gasteiger partial charge < -0.3 is 15.5 Å². The van der Waals surface area contributed by atoms with E-state index < -0.39 is 0 Å². The molecule has 0 amide bonds. The topological polar surface area (TPSA) is 40.2 Å². The van der Waals surface area contributed by atoms with E-state index in [2.05, 4.69) is 94.4 Å². The number of rotatable bonds is 2. The lowest BCUT2D eigenvalue weighted by atomic mass is 10.1. The van der Waals surface area contributed by atoms with Gasteiger partial charge in [0.25, 0.3) is 0 Å². The summed E-state index contributed by atoms with van der Waals surface area (Å²) in [7, 11) is 0. The van der Waals surface area contributed by atoms with Gasteiger partial charge in [0, 0.05) is 17.3 Å². The van der Waals surface area contributed by atoms with Gasteiger partial charge in [-0.3, -0.25) is 0 Å². The maximum absolute atomic E-state index is 4.89. The number of hydrogen-bond acceptors (Lipinski definition) is 4. The molecule has 6 rings (SSSR count). The summed E-state index contributed by atoms with van der Waals surface area (Å²) in [6, 6.07) is 27.5. The predicted molar refractivity (Wildman–Crippen MR) is 129 cm³/mol. The maximum Gasteiger partial charge on any atom is 0.0872 e. The van der Waals surface area contributed by atoms with Crippen molar-refractivity contribution in [2.45, 2.75) is 0 Å². The van der Waals surface area contributed by atoms with E-state index >= 15 is 0 Å². The van der Waals surface area contributed by atoms with E-state index in [1.807, 2.05) is 30.5 Å². The predicted octanol–water partition coefficient (Wildman–Crippen LogP) is 6.78. The molecule has 3 heterocycles. The Bertz CT molecular complexity index is 1350. The van der Waals surface area contributed by atoms with Gasteiger partial charge in [-0.2, -0.15) is 0 Å². The van der Waals surface area contributed by atoms with Crippen LogP contribution in [0.2, 0.25) is 0 Å². The molecule has 0 aliphatic carbocycles. The Labute approximate surface area is 180 Å². The van der Waals surface area contributed by atoms with Crippen molar-refractivity contribution in [3.8, 4) is 0 Å². The van der Waals surface area contributed by atoms with Crippen molar-refractivity contribution in [2.24, 2.45) is 0 Å². The van der Waals surface area contributed by atoms with E-state index in [0.717, 1.165) is 50.7 Å². The zero-order valence-corrected chi connectivity index (χ0v) is 16.8. The van der Waals surface area contributed by atoms with Crippen molar-refractivity contribution < 1.29 is 0 Å². The molecule has 0 bridgehead atoms. The quantitative estimate of drug-likeness (QED) is 0.343. The van der Waals surface area contributed by atoms with Crippen LogP contribution in [-0.4, -0.2) is 4.98 Å². The Hall–Kier alpha value is -4.31. The molecule has 0 saturated heterocycles. The molecule has 4 aromatic rings. The van der Waals surface area contributed by atoms with Crippen LogP contribution in [0, 0.1) is 0 Å². The van der Waals surface area contributed by atoms with Gasteiger partial charge >= 0.3 is 0 Å². The van der Waals surface area contributed by atoms with Crippen LogP contribution in [-0.2, 0) is 0 Å². The Morgan fingerprint density at radius 2 is 1.48 bits per heavy atom. The number of hydrogen-bond donors (Lipinski definition) is 2. The molecule has 148 valence electrons. The van der Waals surface area contributed by atoms with Crippen molar-refractivity contribution in [1.29, 1.82) is 0 Å². The summed E-state index contributed by atoms with van der Waals surface area (Å²) >= 11 is 0. The largest absolute Gasteiger partial charge is 0.360 e. The van der Waals surface area contributed by atoms with Crippen LogP contribution in [0.5, 0.6) is 0 Å². The summed E-state index contributed by atoms with van der Waals surface area (Å²) in [5.41, 5.74) is 8.46. The average Bonchev–Trinajstić information content (AvgIpc) is 3.11. The summed E-state index contributed by atoms with van der Waals surface area (Å²) in [6.07, 6.45) is 9.94. The minimum Gasteiger partial charge on any atom is -0.360 e. The smallest absolute Gasteiger partial charge is 0.0872 e. The number of pyridine rings is 1. The first-order valence-corrected chi connectivity index (χ1v) is 10.3. The molecule has 4 heteroatoms. The minimum atomic E-state index is 0.925. The summed E-state index contributed by atoms with van der Waals surface area (Å²) < 4.78 is 0. The van der Waals surface area contributed by atoms with Crippen LogP contribution in [0.25, 0.3) is 16.6 Å². The molecule has 2 aliphatic heterocycles. The second-order valence-corrected chi connectivity index (χ2v) is 7.54. The second kappa shape index (κ2) is 7.18. The number of aromatic nitrogens is 1. The molecule has 0 radical (unpaired) electrons. The van der Waals surface area contributed by atoms with Crippen molar-refractivity contribution in [3.05, 3.63) is 115 Å². The molecule has 2 N–H and O–H groups in total. The molecule has 31 heavy (non-hydrogen) atoms. The highest BCUT2D eigenvalue weighted by Crippen LogP contribution is 2.47. The summed E-state index contributed by atoms with van der Waals surface area (Å²) in [6.45, 7) is 0. The zero-order chi connectivity index (χ0) is 20.6. The van der Waals surface area contributed by atoms with Crippen LogP contribution in [0.15, 0.2) is 109 Å². The van der Waals surface area contributed by atoms with Gasteiger partial charge in [-0.05, 0) is 60.7 Å². The first-order chi connectivity index (χ1) is 15.4. The number of nitrogens with one attached hydrogen (secondary N) is 2. The maximum atomic E-state index is 4.89. The Balaban J connectivity index is 1.46. The van der Waals surface area contributed by atoms with Gasteiger partial charge in [-0.25, -0.2) is 4.98 Å². The third kappa shape index (κ3) is 3.06. The van der Waals surface area contributed by atoms with Crippen molar-refractivity contribution in [3.63, 3.8) is 0 Å². The van der Waals surface area contributed by atoms with Crippen LogP contribution in [0.3, 0.4) is 0 Å². The number of allylic oxidation sites excluding steroid dienone is 4. The number of benzene rings is 3. The normalized spacial score (nSPS) is 14.2. The highest BCUT2D eigenvalue weighted by Gasteiger charge is 2.23. The Morgan fingerprint density at radius 3 is 2.29 bits per heavy atom. The third-order valence-corrected chi connectivity index (χ3v) is 5.59. The van der Waals surface area contributed by atoms with E-state index in [1.165, 1.54) is 0 Å². The van der Waals surface area contributed by atoms with Gasteiger partial charge in [0.15, 0.2) is 0 Å². The number of fused-ring (bicyclic) bond motifs is 3. The van der Waals surface area contributed by atoms with Crippen LogP contribution < -0.4 is 15.5 Å². The highest BCUT2D eigenvalue weighted by atomic mass is 15.2. The van der Waals surface area contributed by atoms with E-state index in [-0.39, 0.29) is 0 Å². The fourth-order valence-corrected chi connectivity index (χ4v) is 4.12. The molecule has 1 aromatic heterocycles. The third-order valence-electron chi connectivity index (χ3n) is 5.59. The Morgan fingerprint density at radius 1 is 0.710 bits per heavy atom. The molecular formula is C27H20N4. The van der Waals surface area contributed by atoms with Crippen molar-refractivity contribution in [2.75, 3.05) is 10.2 Å². The lowest BCUT2D eigenvalue weighted by molar-refractivity contribution is 1.18. The van der Waals surface area contributed by atoms with E-state index in [9.17, 15) is 0 Å². The SMILES string of the molecule is C1=CC=C(c2ccc3cc(N4c5ccccc5Nc5ccccc54)ccc3n2)NC=C1. The first kappa shape index (κ1) is 17.5. The van der Waals surface area contributed by atoms with Gasteiger partial charge in [-0.15, -0.1) is 0 Å². The van der Waals surface area contributed by atoms with E-state index in [1.54, 1.807) is 0 Å². The molecule has 0 fully saturated rings. The number of nitrogens with zero attached hydrogens (tertiary/aromatic N) is 2. The monoisotopic (exact) mass is 400 g/mol. The summed E-state index contributed by atoms with van der Waals surface area (Å²) in [5, 5.41) is 7.94. The lowest BCUT2D eigenvalue weighted by Gasteiger charge is -2.34.